The quantitative estimate of drug-likeness (QED) is 0.822. The number of hydrogen-bond donors (Lipinski definition) is 2. The van der Waals surface area contributed by atoms with E-state index in [1.807, 2.05) is 23.6 Å². The minimum Gasteiger partial charge on any atom is -0.449 e. The number of urea groups is 1. The first-order chi connectivity index (χ1) is 12.1. The molecule has 8 nitrogen and oxygen atoms in total. The van der Waals surface area contributed by atoms with Crippen molar-refractivity contribution in [1.82, 2.24) is 25.3 Å². The second kappa shape index (κ2) is 8.02. The summed E-state index contributed by atoms with van der Waals surface area (Å²) in [5.74, 6) is 0. The molecule has 1 fully saturated rings. The van der Waals surface area contributed by atoms with Crippen LogP contribution in [0.1, 0.15) is 12.1 Å². The lowest BCUT2D eigenvalue weighted by molar-refractivity contribution is 0.0733. The van der Waals surface area contributed by atoms with Gasteiger partial charge in [0.15, 0.2) is 0 Å². The Morgan fingerprint density at radius 2 is 2.44 bits per heavy atom. The first-order valence-corrected chi connectivity index (χ1v) is 9.00. The Hall–Kier alpha value is -2.55. The van der Waals surface area contributed by atoms with Crippen LogP contribution in [0.15, 0.2) is 23.6 Å². The lowest BCUT2D eigenvalue weighted by Gasteiger charge is -2.26. The predicted molar refractivity (Wildman–Crippen MR) is 94.3 cm³/mol. The van der Waals surface area contributed by atoms with Crippen molar-refractivity contribution in [3.63, 3.8) is 0 Å². The Balaban J connectivity index is 1.44. The SMILES string of the molecule is CN(Cc1cc(-c2cccs2)n[nH]1)C(=O)NCCN1CCCOC1=O. The lowest BCUT2D eigenvalue weighted by Crippen LogP contribution is -2.44. The fraction of sp³-hybridized carbons (Fsp3) is 0.438. The zero-order valence-corrected chi connectivity index (χ0v) is 14.8. The number of hydrogen-bond acceptors (Lipinski definition) is 5. The zero-order chi connectivity index (χ0) is 17.6. The van der Waals surface area contributed by atoms with Crippen molar-refractivity contribution in [2.45, 2.75) is 13.0 Å². The van der Waals surface area contributed by atoms with Crippen molar-refractivity contribution >= 4 is 23.5 Å². The molecule has 134 valence electrons. The van der Waals surface area contributed by atoms with Gasteiger partial charge in [-0.1, -0.05) is 6.07 Å². The summed E-state index contributed by atoms with van der Waals surface area (Å²) in [5.41, 5.74) is 1.74. The monoisotopic (exact) mass is 363 g/mol. The second-order valence-corrected chi connectivity index (χ2v) is 6.75. The average molecular weight is 363 g/mol. The van der Waals surface area contributed by atoms with Gasteiger partial charge < -0.3 is 19.9 Å². The summed E-state index contributed by atoms with van der Waals surface area (Å²) in [6.45, 7) is 2.41. The summed E-state index contributed by atoms with van der Waals surface area (Å²) >= 11 is 1.62. The normalized spacial score (nSPS) is 14.3. The Bertz CT molecular complexity index is 715. The summed E-state index contributed by atoms with van der Waals surface area (Å²) in [4.78, 5) is 27.9. The Kier molecular flexibility index (Phi) is 5.54. The van der Waals surface area contributed by atoms with Gasteiger partial charge in [-0.25, -0.2) is 9.59 Å². The van der Waals surface area contributed by atoms with Crippen molar-refractivity contribution in [3.05, 3.63) is 29.3 Å². The van der Waals surface area contributed by atoms with E-state index in [9.17, 15) is 9.59 Å². The number of aromatic amines is 1. The molecule has 1 aliphatic heterocycles. The molecule has 0 spiro atoms. The molecule has 3 heterocycles. The molecule has 0 radical (unpaired) electrons. The van der Waals surface area contributed by atoms with Crippen LogP contribution in [0.4, 0.5) is 9.59 Å². The molecule has 0 saturated carbocycles. The second-order valence-electron chi connectivity index (χ2n) is 5.80. The summed E-state index contributed by atoms with van der Waals surface area (Å²) in [7, 11) is 1.72. The molecule has 25 heavy (non-hydrogen) atoms. The van der Waals surface area contributed by atoms with Crippen LogP contribution in [0, 0.1) is 0 Å². The van der Waals surface area contributed by atoms with Crippen molar-refractivity contribution in [1.29, 1.82) is 0 Å². The molecular formula is C16H21N5O3S. The topological polar surface area (TPSA) is 90.6 Å². The molecule has 0 atom stereocenters. The molecule has 1 aliphatic rings. The number of nitrogens with zero attached hydrogens (tertiary/aromatic N) is 3. The highest BCUT2D eigenvalue weighted by Crippen LogP contribution is 2.23. The van der Waals surface area contributed by atoms with Gasteiger partial charge in [0.1, 0.15) is 5.69 Å². The number of cyclic esters (lactones) is 1. The van der Waals surface area contributed by atoms with Gasteiger partial charge in [-0.3, -0.25) is 5.10 Å². The van der Waals surface area contributed by atoms with E-state index in [4.69, 9.17) is 4.74 Å². The Morgan fingerprint density at radius 3 is 3.20 bits per heavy atom. The van der Waals surface area contributed by atoms with Gasteiger partial charge in [0.25, 0.3) is 0 Å². The Morgan fingerprint density at radius 1 is 1.56 bits per heavy atom. The molecular weight excluding hydrogens is 342 g/mol. The van der Waals surface area contributed by atoms with E-state index in [1.165, 1.54) is 0 Å². The number of thiophene rings is 1. The zero-order valence-electron chi connectivity index (χ0n) is 14.0. The van der Waals surface area contributed by atoms with E-state index in [-0.39, 0.29) is 12.1 Å². The van der Waals surface area contributed by atoms with Crippen LogP contribution in [0.2, 0.25) is 0 Å². The highest BCUT2D eigenvalue weighted by molar-refractivity contribution is 7.13. The average Bonchev–Trinajstić information content (AvgIpc) is 3.27. The number of aromatic nitrogens is 2. The molecule has 0 unspecified atom stereocenters. The summed E-state index contributed by atoms with van der Waals surface area (Å²) < 4.78 is 4.96. The van der Waals surface area contributed by atoms with E-state index < -0.39 is 0 Å². The van der Waals surface area contributed by atoms with E-state index in [0.717, 1.165) is 22.7 Å². The molecule has 9 heteroatoms. The highest BCUT2D eigenvalue weighted by atomic mass is 32.1. The van der Waals surface area contributed by atoms with Gasteiger partial charge in [-0.05, 0) is 23.9 Å². The molecule has 2 aromatic rings. The van der Waals surface area contributed by atoms with Crippen molar-refractivity contribution in [3.8, 4) is 10.6 Å². The van der Waals surface area contributed by atoms with Gasteiger partial charge in [0.05, 0.1) is 23.7 Å². The third-order valence-electron chi connectivity index (χ3n) is 3.87. The molecule has 0 aromatic carbocycles. The first-order valence-electron chi connectivity index (χ1n) is 8.12. The van der Waals surface area contributed by atoms with Gasteiger partial charge in [-0.2, -0.15) is 5.10 Å². The third kappa shape index (κ3) is 4.50. The number of ether oxygens (including phenoxy) is 1. The maximum absolute atomic E-state index is 12.2. The van der Waals surface area contributed by atoms with Crippen molar-refractivity contribution in [2.75, 3.05) is 33.3 Å². The fourth-order valence-electron chi connectivity index (χ4n) is 2.55. The summed E-state index contributed by atoms with van der Waals surface area (Å²) in [5, 5.41) is 12.0. The van der Waals surface area contributed by atoms with Crippen LogP contribution in [-0.4, -0.2) is 65.4 Å². The standard InChI is InChI=1S/C16H21N5O3S/c1-20(11-12-10-13(19-18-12)14-4-2-9-25-14)15(22)17-5-7-21-6-3-8-24-16(21)23/h2,4,9-10H,3,5-8,11H2,1H3,(H,17,22)(H,18,19). The molecule has 3 rings (SSSR count). The Labute approximate surface area is 149 Å². The molecule has 2 aromatic heterocycles. The first kappa shape index (κ1) is 17.3. The van der Waals surface area contributed by atoms with E-state index in [0.29, 0.717) is 32.8 Å². The lowest BCUT2D eigenvalue weighted by atomic mass is 10.3. The van der Waals surface area contributed by atoms with E-state index in [2.05, 4.69) is 15.5 Å². The van der Waals surface area contributed by atoms with Crippen molar-refractivity contribution in [2.24, 2.45) is 0 Å². The number of H-pyrrole nitrogens is 1. The number of carbonyl (C=O) groups excluding carboxylic acids is 2. The molecule has 0 aliphatic carbocycles. The van der Waals surface area contributed by atoms with Gasteiger partial charge in [0.2, 0.25) is 0 Å². The number of carbonyl (C=O) groups is 2. The fourth-order valence-corrected chi connectivity index (χ4v) is 3.24. The third-order valence-corrected chi connectivity index (χ3v) is 4.77. The van der Waals surface area contributed by atoms with Gasteiger partial charge >= 0.3 is 12.1 Å². The summed E-state index contributed by atoms with van der Waals surface area (Å²) in [6.07, 6.45) is 0.513. The van der Waals surface area contributed by atoms with Crippen LogP contribution >= 0.6 is 11.3 Å². The minimum absolute atomic E-state index is 0.197. The van der Waals surface area contributed by atoms with E-state index in [1.54, 1.807) is 28.2 Å². The maximum atomic E-state index is 12.2. The van der Waals surface area contributed by atoms with Crippen molar-refractivity contribution < 1.29 is 14.3 Å². The van der Waals surface area contributed by atoms with E-state index >= 15 is 0 Å². The molecule has 3 amide bonds. The van der Waals surface area contributed by atoms with Crippen LogP contribution in [0.5, 0.6) is 0 Å². The van der Waals surface area contributed by atoms with Gasteiger partial charge in [0, 0.05) is 26.7 Å². The van der Waals surface area contributed by atoms with Gasteiger partial charge in [-0.15, -0.1) is 11.3 Å². The number of rotatable bonds is 6. The maximum Gasteiger partial charge on any atom is 0.409 e. The predicted octanol–water partition coefficient (Wildman–Crippen LogP) is 2.12. The van der Waals surface area contributed by atoms with Crippen LogP contribution < -0.4 is 5.32 Å². The minimum atomic E-state index is -0.313. The molecule has 0 bridgehead atoms. The summed E-state index contributed by atoms with van der Waals surface area (Å²) in [6, 6.07) is 5.73. The number of nitrogens with one attached hydrogen (secondary N) is 2. The van der Waals surface area contributed by atoms with Crippen LogP contribution in [-0.2, 0) is 11.3 Å². The molecule has 2 N–H and O–H groups in total. The van der Waals surface area contributed by atoms with Crippen LogP contribution in [0.3, 0.4) is 0 Å². The number of amides is 3. The largest absolute Gasteiger partial charge is 0.449 e. The van der Waals surface area contributed by atoms with Crippen LogP contribution in [0.25, 0.3) is 10.6 Å². The molecule has 1 saturated heterocycles. The smallest absolute Gasteiger partial charge is 0.409 e. The highest BCUT2D eigenvalue weighted by Gasteiger charge is 2.19.